The number of para-hydroxylation sites is 3. The van der Waals surface area contributed by atoms with Gasteiger partial charge in [0.1, 0.15) is 17.4 Å². The highest BCUT2D eigenvalue weighted by molar-refractivity contribution is 5.92. The summed E-state index contributed by atoms with van der Waals surface area (Å²) in [4.78, 5) is 27.9. The first-order chi connectivity index (χ1) is 14.2. The van der Waals surface area contributed by atoms with Gasteiger partial charge >= 0.3 is 11.9 Å². The lowest BCUT2D eigenvalue weighted by Gasteiger charge is -2.33. The first-order valence-corrected chi connectivity index (χ1v) is 9.70. The second-order valence-electron chi connectivity index (χ2n) is 7.61. The zero-order chi connectivity index (χ0) is 19.5. The van der Waals surface area contributed by atoms with Crippen LogP contribution < -0.4 is 14.4 Å². The maximum atomic E-state index is 12.9. The number of hydrogen-bond donors (Lipinski definition) is 0. The Bertz CT molecular complexity index is 1170. The average Bonchev–Trinajstić information content (AvgIpc) is 3.36. The minimum atomic E-state index is -0.583. The van der Waals surface area contributed by atoms with Gasteiger partial charge in [0.15, 0.2) is 6.04 Å². The van der Waals surface area contributed by atoms with Crippen molar-refractivity contribution in [3.8, 4) is 11.5 Å². The van der Waals surface area contributed by atoms with Crippen LogP contribution >= 0.6 is 0 Å². The van der Waals surface area contributed by atoms with Crippen molar-refractivity contribution in [2.24, 2.45) is 0 Å². The van der Waals surface area contributed by atoms with Crippen molar-refractivity contribution in [2.75, 3.05) is 4.90 Å². The molecule has 29 heavy (non-hydrogen) atoms. The van der Waals surface area contributed by atoms with E-state index >= 15 is 0 Å². The number of hydrogen-bond acceptors (Lipinski definition) is 5. The van der Waals surface area contributed by atoms with Crippen molar-refractivity contribution < 1.29 is 19.1 Å². The van der Waals surface area contributed by atoms with Crippen molar-refractivity contribution in [3.63, 3.8) is 0 Å². The summed E-state index contributed by atoms with van der Waals surface area (Å²) in [7, 11) is 0. The number of ether oxygens (including phenoxy) is 2. The van der Waals surface area contributed by atoms with E-state index in [1.807, 2.05) is 66.7 Å². The zero-order valence-corrected chi connectivity index (χ0v) is 15.4. The molecular weight excluding hydrogens is 366 g/mol. The number of carbonyl (C=O) groups is 2. The van der Waals surface area contributed by atoms with Crippen LogP contribution in [0.5, 0.6) is 11.5 Å². The average molecular weight is 383 g/mol. The van der Waals surface area contributed by atoms with Gasteiger partial charge in [0.05, 0.1) is 6.04 Å². The molecule has 5 heteroatoms. The third kappa shape index (κ3) is 2.27. The summed E-state index contributed by atoms with van der Waals surface area (Å²) in [6.07, 6.45) is 0.663. The molecule has 5 nitrogen and oxygen atoms in total. The summed E-state index contributed by atoms with van der Waals surface area (Å²) in [6, 6.07) is 22.2. The predicted octanol–water partition coefficient (Wildman–Crippen LogP) is 3.78. The van der Waals surface area contributed by atoms with Gasteiger partial charge in [0.25, 0.3) is 0 Å². The molecular formula is C24H17NO4. The minimum Gasteiger partial charge on any atom is -0.426 e. The predicted molar refractivity (Wildman–Crippen MR) is 106 cm³/mol. The number of rotatable bonds is 2. The first-order valence-electron chi connectivity index (χ1n) is 9.70. The summed E-state index contributed by atoms with van der Waals surface area (Å²) in [6.45, 7) is 0. The quantitative estimate of drug-likeness (QED) is 0.498. The molecule has 0 bridgehead atoms. The molecule has 3 atom stereocenters. The Morgan fingerprint density at radius 3 is 2.17 bits per heavy atom. The molecule has 3 unspecified atom stereocenters. The molecule has 3 aliphatic rings. The molecule has 3 aliphatic heterocycles. The van der Waals surface area contributed by atoms with E-state index in [4.69, 9.17) is 9.47 Å². The van der Waals surface area contributed by atoms with Crippen molar-refractivity contribution in [3.05, 3.63) is 89.5 Å². The molecule has 3 aromatic rings. The van der Waals surface area contributed by atoms with E-state index in [2.05, 4.69) is 11.0 Å². The van der Waals surface area contributed by atoms with Gasteiger partial charge in [-0.25, -0.2) is 4.79 Å². The summed E-state index contributed by atoms with van der Waals surface area (Å²) >= 11 is 0. The molecule has 0 spiro atoms. The topological polar surface area (TPSA) is 55.8 Å². The number of anilines is 1. The molecule has 0 radical (unpaired) electrons. The smallest absolute Gasteiger partial charge is 0.339 e. The van der Waals surface area contributed by atoms with Crippen LogP contribution in [0.4, 0.5) is 5.69 Å². The van der Waals surface area contributed by atoms with E-state index in [1.54, 1.807) is 0 Å². The lowest BCUT2D eigenvalue weighted by molar-refractivity contribution is -0.136. The molecule has 0 amide bonds. The number of carbonyl (C=O) groups excluding carboxylic acids is 2. The lowest BCUT2D eigenvalue weighted by Crippen LogP contribution is -2.43. The third-order valence-electron chi connectivity index (χ3n) is 6.09. The van der Waals surface area contributed by atoms with Gasteiger partial charge < -0.3 is 14.4 Å². The van der Waals surface area contributed by atoms with Gasteiger partial charge in [-0.15, -0.1) is 0 Å². The molecule has 3 heterocycles. The molecule has 0 fully saturated rings. The number of benzene rings is 3. The van der Waals surface area contributed by atoms with E-state index in [0.717, 1.165) is 22.4 Å². The fourth-order valence-corrected chi connectivity index (χ4v) is 4.89. The monoisotopic (exact) mass is 383 g/mol. The van der Waals surface area contributed by atoms with Crippen molar-refractivity contribution in [1.82, 2.24) is 0 Å². The molecule has 0 saturated carbocycles. The van der Waals surface area contributed by atoms with E-state index < -0.39 is 12.0 Å². The number of fused-ring (bicyclic) bond motifs is 3. The van der Waals surface area contributed by atoms with Crippen LogP contribution in [0.25, 0.3) is 0 Å². The molecule has 0 aromatic heterocycles. The lowest BCUT2D eigenvalue weighted by atomic mass is 9.89. The number of esters is 2. The largest absolute Gasteiger partial charge is 0.426 e. The van der Waals surface area contributed by atoms with Gasteiger partial charge in [-0.1, -0.05) is 54.6 Å². The standard InChI is InChI=1S/C24H17NO4/c26-23-21(15-8-2-5-11-19(15)28-23)18-13-14-7-1-4-10-17(14)25(18)22-16-9-3-6-12-20(16)29-24(22)27/h1-12,18,21-22H,13H2. The fraction of sp³-hybridized carbons (Fsp3) is 0.167. The maximum Gasteiger partial charge on any atom is 0.339 e. The highest BCUT2D eigenvalue weighted by Crippen LogP contribution is 2.50. The SMILES string of the molecule is O=C1Oc2ccccc2C1C1Cc2ccccc2N1C1C(=O)Oc2ccccc21. The Kier molecular flexibility index (Phi) is 3.36. The van der Waals surface area contributed by atoms with Crippen molar-refractivity contribution in [1.29, 1.82) is 0 Å². The minimum absolute atomic E-state index is 0.229. The Balaban J connectivity index is 1.51. The molecule has 0 saturated heterocycles. The Hall–Kier alpha value is -3.60. The van der Waals surface area contributed by atoms with E-state index in [1.165, 1.54) is 0 Å². The fourth-order valence-electron chi connectivity index (χ4n) is 4.89. The van der Waals surface area contributed by atoms with Crippen molar-refractivity contribution >= 4 is 17.6 Å². The van der Waals surface area contributed by atoms with Crippen LogP contribution in [0.2, 0.25) is 0 Å². The van der Waals surface area contributed by atoms with Gasteiger partial charge in [-0.3, -0.25) is 4.79 Å². The normalized spacial score (nSPS) is 24.0. The summed E-state index contributed by atoms with van der Waals surface area (Å²) in [5, 5.41) is 0. The van der Waals surface area contributed by atoms with Gasteiger partial charge in [0, 0.05) is 16.8 Å². The Morgan fingerprint density at radius 1 is 0.724 bits per heavy atom. The molecule has 0 aliphatic carbocycles. The van der Waals surface area contributed by atoms with Crippen LogP contribution in [0.3, 0.4) is 0 Å². The third-order valence-corrected chi connectivity index (χ3v) is 6.09. The zero-order valence-electron chi connectivity index (χ0n) is 15.4. The molecule has 0 N–H and O–H groups in total. The molecule has 3 aromatic carbocycles. The van der Waals surface area contributed by atoms with E-state index in [9.17, 15) is 9.59 Å². The maximum absolute atomic E-state index is 12.9. The second-order valence-corrected chi connectivity index (χ2v) is 7.61. The van der Waals surface area contributed by atoms with Crippen LogP contribution in [0.1, 0.15) is 28.7 Å². The van der Waals surface area contributed by atoms with E-state index in [-0.39, 0.29) is 18.0 Å². The van der Waals surface area contributed by atoms with Gasteiger partial charge in [0.2, 0.25) is 0 Å². The second kappa shape index (κ2) is 5.95. The Morgan fingerprint density at radius 2 is 1.34 bits per heavy atom. The van der Waals surface area contributed by atoms with Crippen LogP contribution in [-0.2, 0) is 16.0 Å². The van der Waals surface area contributed by atoms with Crippen LogP contribution in [0, 0.1) is 0 Å². The van der Waals surface area contributed by atoms with Crippen LogP contribution in [0.15, 0.2) is 72.8 Å². The number of nitrogens with zero attached hydrogens (tertiary/aromatic N) is 1. The molecule has 142 valence electrons. The highest BCUT2D eigenvalue weighted by Gasteiger charge is 2.50. The molecule has 6 rings (SSSR count). The highest BCUT2D eigenvalue weighted by atomic mass is 16.5. The summed E-state index contributed by atoms with van der Waals surface area (Å²) in [5.74, 6) is 0.146. The first kappa shape index (κ1) is 16.4. The van der Waals surface area contributed by atoms with Gasteiger partial charge in [-0.2, -0.15) is 0 Å². The van der Waals surface area contributed by atoms with E-state index in [0.29, 0.717) is 17.9 Å². The Labute approximate surface area is 167 Å². The van der Waals surface area contributed by atoms with Gasteiger partial charge in [-0.05, 0) is 30.2 Å². The van der Waals surface area contributed by atoms with Crippen molar-refractivity contribution in [2.45, 2.75) is 24.4 Å². The summed E-state index contributed by atoms with van der Waals surface area (Å²) in [5.41, 5.74) is 3.79. The van der Waals surface area contributed by atoms with Crippen LogP contribution in [-0.4, -0.2) is 18.0 Å². The summed E-state index contributed by atoms with van der Waals surface area (Å²) < 4.78 is 11.1.